The lowest BCUT2D eigenvalue weighted by molar-refractivity contribution is 0.220. The van der Waals surface area contributed by atoms with Crippen molar-refractivity contribution in [3.63, 3.8) is 0 Å². The topological polar surface area (TPSA) is 32.7 Å². The molecule has 8 heterocycles. The number of aromatic nitrogens is 4. The van der Waals surface area contributed by atoms with Crippen LogP contribution >= 0.6 is 34.8 Å². The lowest BCUT2D eigenvalue weighted by Crippen LogP contribution is -2.32. The maximum Gasteiger partial charge on any atom is 0.159 e. The Bertz CT molecular complexity index is 5410. The molecular weight excluding hydrogens is 1430 g/mol. The Labute approximate surface area is 634 Å². The van der Waals surface area contributed by atoms with Crippen LogP contribution in [0.3, 0.4) is 0 Å². The minimum atomic E-state index is -0.834. The summed E-state index contributed by atoms with van der Waals surface area (Å²) < 4.78 is 117. The lowest BCUT2D eigenvalue weighted by Gasteiger charge is -2.33. The average molecular weight is 1510 g/mol. The van der Waals surface area contributed by atoms with Gasteiger partial charge >= 0.3 is 0 Å². The zero-order valence-electron chi connectivity index (χ0n) is 61.8. The predicted octanol–water partition coefficient (Wildman–Crippen LogP) is 23.5. The first-order valence-electron chi connectivity index (χ1n) is 36.1. The van der Waals surface area contributed by atoms with Crippen LogP contribution in [0.5, 0.6) is 0 Å². The number of halogens is 11. The van der Waals surface area contributed by atoms with Crippen molar-refractivity contribution < 1.29 is 35.1 Å². The molecule has 107 heavy (non-hydrogen) atoms. The summed E-state index contributed by atoms with van der Waals surface area (Å²) in [6, 6.07) is 41.0. The van der Waals surface area contributed by atoms with Gasteiger partial charge in [0.1, 0.15) is 0 Å². The Balaban J connectivity index is 0.000000126. The van der Waals surface area contributed by atoms with E-state index in [0.29, 0.717) is 28.3 Å². The lowest BCUT2D eigenvalue weighted by atomic mass is 9.96. The highest BCUT2D eigenvalue weighted by atomic mass is 35.5. The maximum atomic E-state index is 13.7. The van der Waals surface area contributed by atoms with E-state index in [-0.39, 0.29) is 6.04 Å². The molecule has 0 N–H and O–H groups in total. The molecule has 12 aromatic rings. The number of allylic oxidation sites excluding steroid dienone is 4. The van der Waals surface area contributed by atoms with Gasteiger partial charge in [-0.05, 0) is 284 Å². The van der Waals surface area contributed by atoms with E-state index in [9.17, 15) is 35.1 Å². The fourth-order valence-electron chi connectivity index (χ4n) is 15.7. The molecule has 2 atom stereocenters. The largest absolute Gasteiger partial charge is 0.318 e. The fourth-order valence-corrected chi connectivity index (χ4v) is 16.2. The normalized spacial score (nSPS) is 16.8. The first-order valence-corrected chi connectivity index (χ1v) is 37.2. The summed E-state index contributed by atoms with van der Waals surface area (Å²) in [6.07, 6.45) is 13.0. The van der Waals surface area contributed by atoms with Crippen molar-refractivity contribution in [1.29, 1.82) is 0 Å². The summed E-state index contributed by atoms with van der Waals surface area (Å²) in [5.74, 6) is -6.62. The first-order chi connectivity index (χ1) is 51.1. The summed E-state index contributed by atoms with van der Waals surface area (Å²) in [7, 11) is 8.50. The number of benzene rings is 8. The third-order valence-electron chi connectivity index (χ3n) is 21.6. The van der Waals surface area contributed by atoms with Gasteiger partial charge in [0.25, 0.3) is 0 Å². The molecule has 4 aromatic heterocycles. The van der Waals surface area contributed by atoms with Gasteiger partial charge in [-0.3, -0.25) is 9.80 Å². The smallest absolute Gasteiger partial charge is 0.159 e. The van der Waals surface area contributed by atoms with Crippen molar-refractivity contribution in [2.24, 2.45) is 0 Å². The number of rotatable bonds is 9. The Kier molecular flexibility index (Phi) is 22.6. The van der Waals surface area contributed by atoms with Crippen molar-refractivity contribution in [3.8, 4) is 0 Å². The van der Waals surface area contributed by atoms with Gasteiger partial charge in [0.15, 0.2) is 46.5 Å². The zero-order chi connectivity index (χ0) is 76.1. The Hall–Kier alpha value is -8.97. The number of hydrogen-bond acceptors (Lipinski definition) is 4. The first kappa shape index (κ1) is 76.2. The van der Waals surface area contributed by atoms with Crippen LogP contribution in [0, 0.1) is 53.5 Å². The van der Waals surface area contributed by atoms with Gasteiger partial charge in [-0.15, -0.1) is 0 Å². The van der Waals surface area contributed by atoms with E-state index in [1.807, 2.05) is 107 Å². The van der Waals surface area contributed by atoms with E-state index >= 15 is 0 Å². The number of likely N-dealkylation sites (N-methyl/N-ethyl adjacent to an activating group) is 4. The van der Waals surface area contributed by atoms with E-state index in [0.717, 1.165) is 142 Å². The minimum Gasteiger partial charge on any atom is -0.318 e. The van der Waals surface area contributed by atoms with E-state index in [4.69, 9.17) is 34.8 Å². The Morgan fingerprint density at radius 2 is 0.692 bits per heavy atom. The standard InChI is InChI=1S/C23H23ClF2N2.C22H21ClF2N2.C22H22F2N2.C21H19ClF2N2/c1-4-21-23-17(9-10-27(21)3)18-12-16(24)6-8-22(18)28(23)13-14(2)15-5-7-19(25)20(26)11-15;1-13(15-4-6-19(24)20(25)10-15)12-27-21-7-5-16(23)11-18(21)17-8-9-26(3)14(2)22(17)27;1-14-4-7-21-18(10-14)17-8-9-25(3)13-22(17)26(21)12-15(2)16-5-6-19(23)20(24)11-16;1-13(14-3-5-18(23)19(24)9-14)11-26-20-6-4-15(22)10-17(20)16-7-8-25(2)12-21(16)26/h5-8,11-13,21H,4,9-10H2,1-3H3;4-7,10-12,14H,8-9H2,1-3H3;4-7,10-12H,8-9,13H2,1-3H3;3-6,9-11H,7-8,12H2,1-2H3/b14-13+;13-12+;15-12+;13-11+. The van der Waals surface area contributed by atoms with E-state index in [1.54, 1.807) is 24.3 Å². The van der Waals surface area contributed by atoms with Crippen molar-refractivity contribution in [2.75, 3.05) is 54.4 Å². The molecule has 0 bridgehead atoms. The van der Waals surface area contributed by atoms with E-state index < -0.39 is 46.5 Å². The van der Waals surface area contributed by atoms with Crippen LogP contribution < -0.4 is 0 Å². The van der Waals surface area contributed by atoms with Crippen LogP contribution in [-0.4, -0.2) is 92.2 Å². The van der Waals surface area contributed by atoms with Crippen molar-refractivity contribution >= 4 is 126 Å². The Morgan fingerprint density at radius 1 is 0.374 bits per heavy atom. The molecule has 4 aliphatic heterocycles. The van der Waals surface area contributed by atoms with Crippen molar-refractivity contribution in [3.05, 3.63) is 280 Å². The van der Waals surface area contributed by atoms with Crippen LogP contribution in [-0.2, 0) is 38.8 Å². The molecule has 0 radical (unpaired) electrons. The van der Waals surface area contributed by atoms with Gasteiger partial charge in [-0.1, -0.05) is 77.6 Å². The van der Waals surface area contributed by atoms with Crippen LogP contribution in [0.1, 0.15) is 133 Å². The quantitative estimate of drug-likeness (QED) is 0.135. The van der Waals surface area contributed by atoms with Gasteiger partial charge in [0.05, 0.1) is 28.1 Å². The third kappa shape index (κ3) is 15.6. The summed E-state index contributed by atoms with van der Waals surface area (Å²) in [5.41, 5.74) is 22.2. The molecule has 4 aliphatic rings. The predicted molar refractivity (Wildman–Crippen MR) is 427 cm³/mol. The summed E-state index contributed by atoms with van der Waals surface area (Å²) in [5, 5.41) is 6.95. The molecule has 2 unspecified atom stereocenters. The molecule has 16 rings (SSSR count). The van der Waals surface area contributed by atoms with E-state index in [1.165, 1.54) is 110 Å². The maximum absolute atomic E-state index is 13.7. The van der Waals surface area contributed by atoms with Gasteiger partial charge in [0, 0.05) is 129 Å². The summed E-state index contributed by atoms with van der Waals surface area (Å²) in [4.78, 5) is 9.28. The molecule has 8 aromatic carbocycles. The molecule has 0 saturated heterocycles. The van der Waals surface area contributed by atoms with Crippen LogP contribution in [0.2, 0.25) is 15.1 Å². The van der Waals surface area contributed by atoms with Crippen LogP contribution in [0.4, 0.5) is 35.1 Å². The molecule has 8 nitrogen and oxygen atoms in total. The highest BCUT2D eigenvalue weighted by Gasteiger charge is 2.32. The van der Waals surface area contributed by atoms with E-state index in [2.05, 4.69) is 105 Å². The second-order valence-corrected chi connectivity index (χ2v) is 30.2. The third-order valence-corrected chi connectivity index (χ3v) is 22.3. The second-order valence-electron chi connectivity index (χ2n) is 28.9. The molecule has 19 heteroatoms. The highest BCUT2D eigenvalue weighted by Crippen LogP contribution is 2.43. The summed E-state index contributed by atoms with van der Waals surface area (Å²) >= 11 is 18.8. The molecule has 0 spiro atoms. The van der Waals surface area contributed by atoms with Gasteiger partial charge in [0.2, 0.25) is 0 Å². The van der Waals surface area contributed by atoms with Gasteiger partial charge < -0.3 is 28.1 Å². The molecule has 0 fully saturated rings. The molecule has 0 saturated carbocycles. The van der Waals surface area contributed by atoms with Crippen LogP contribution in [0.25, 0.3) is 90.7 Å². The number of nitrogens with zero attached hydrogens (tertiary/aromatic N) is 8. The monoisotopic (exact) mass is 1510 g/mol. The SMILES string of the molecule is C/C(=C\n1c2c(c3cc(C)ccc31)CCN(C)C2)c1ccc(F)c(F)c1.C/C(=C\n1c2c(c3cc(Cl)ccc31)CCN(C)C2)c1ccc(F)c(F)c1.C/C(=C\n1c2c(c3cc(Cl)ccc31)CCN(C)C2C)c1ccc(F)c(F)c1.CCC1c2c(c3cc(Cl)ccc3n2/C=C(\C)c2ccc(F)c(F)c2)CCN1C. The molecule has 0 amide bonds. The molecule has 554 valence electrons. The number of hydrogen-bond donors (Lipinski definition) is 0. The minimum absolute atomic E-state index is 0.244. The van der Waals surface area contributed by atoms with Crippen LogP contribution in [0.15, 0.2) is 146 Å². The fraction of sp³-hybridized carbons (Fsp3) is 0.273. The number of fused-ring (bicyclic) bond motifs is 12. The number of aryl methyl sites for hydroxylation is 1. The molecular formula is C88H85Cl3F8N8. The zero-order valence-corrected chi connectivity index (χ0v) is 64.1. The average Bonchev–Trinajstić information content (AvgIpc) is 1.63. The van der Waals surface area contributed by atoms with Gasteiger partial charge in [-0.2, -0.15) is 0 Å². The van der Waals surface area contributed by atoms with Crippen molar-refractivity contribution in [1.82, 2.24) is 37.9 Å². The second kappa shape index (κ2) is 31.7. The van der Waals surface area contributed by atoms with Crippen molar-refractivity contribution in [2.45, 2.75) is 106 Å². The highest BCUT2D eigenvalue weighted by molar-refractivity contribution is 6.32. The van der Waals surface area contributed by atoms with Gasteiger partial charge in [-0.25, -0.2) is 35.1 Å². The Morgan fingerprint density at radius 3 is 1.07 bits per heavy atom. The summed E-state index contributed by atoms with van der Waals surface area (Å²) in [6.45, 7) is 19.9. The molecule has 0 aliphatic carbocycles.